The van der Waals surface area contributed by atoms with E-state index in [1.54, 1.807) is 12.1 Å². The number of nitrogens with one attached hydrogen (secondary N) is 2. The Bertz CT molecular complexity index is 486. The zero-order valence-electron chi connectivity index (χ0n) is 15.6. The number of guanidine groups is 1. The minimum Gasteiger partial charge on any atom is -0.357 e. The molecule has 2 N–H and O–H groups in total. The maximum Gasteiger partial charge on any atom is 0.191 e. The fraction of sp³-hybridized carbons (Fsp3) is 0.632. The molecule has 0 radical (unpaired) electrons. The van der Waals surface area contributed by atoms with Gasteiger partial charge >= 0.3 is 0 Å². The van der Waals surface area contributed by atoms with Gasteiger partial charge in [-0.2, -0.15) is 0 Å². The highest BCUT2D eigenvalue weighted by atomic mass is 19.1. The van der Waals surface area contributed by atoms with E-state index in [0.717, 1.165) is 45.0 Å². The van der Waals surface area contributed by atoms with Crippen molar-refractivity contribution in [3.8, 4) is 0 Å². The molecule has 0 heterocycles. The lowest BCUT2D eigenvalue weighted by atomic mass is 10.2. The summed E-state index contributed by atoms with van der Waals surface area (Å²) in [6.45, 7) is 13.1. The average Bonchev–Trinajstić information content (AvgIpc) is 2.58. The summed E-state index contributed by atoms with van der Waals surface area (Å²) in [5.41, 5.74) is 0.615. The molecule has 0 aromatic heterocycles. The van der Waals surface area contributed by atoms with Gasteiger partial charge in [0.2, 0.25) is 0 Å². The highest BCUT2D eigenvalue weighted by Gasteiger charge is 2.07. The summed E-state index contributed by atoms with van der Waals surface area (Å²) in [5.74, 6) is 0.542. The molecule has 0 bridgehead atoms. The van der Waals surface area contributed by atoms with Gasteiger partial charge in [0.15, 0.2) is 5.96 Å². The molecule has 136 valence electrons. The van der Waals surface area contributed by atoms with E-state index < -0.39 is 0 Å². The van der Waals surface area contributed by atoms with Crippen molar-refractivity contribution >= 4 is 5.96 Å². The van der Waals surface area contributed by atoms with Crippen LogP contribution in [0.2, 0.25) is 0 Å². The molecular formula is C19H33FN4. The third-order valence-corrected chi connectivity index (χ3v) is 4.10. The summed E-state index contributed by atoms with van der Waals surface area (Å²) >= 11 is 0. The first kappa shape index (κ1) is 20.4. The van der Waals surface area contributed by atoms with Crippen LogP contribution in [0.25, 0.3) is 0 Å². The van der Waals surface area contributed by atoms with Gasteiger partial charge in [-0.3, -0.25) is 0 Å². The van der Waals surface area contributed by atoms with Crippen LogP contribution >= 0.6 is 0 Å². The summed E-state index contributed by atoms with van der Waals surface area (Å²) < 4.78 is 13.7. The first-order valence-electron chi connectivity index (χ1n) is 9.11. The van der Waals surface area contributed by atoms with Crippen molar-refractivity contribution < 1.29 is 4.39 Å². The second-order valence-electron chi connectivity index (χ2n) is 6.00. The molecule has 1 atom stereocenters. The predicted molar refractivity (Wildman–Crippen MR) is 101 cm³/mol. The van der Waals surface area contributed by atoms with Crippen LogP contribution in [0.5, 0.6) is 0 Å². The Morgan fingerprint density at radius 1 is 1.21 bits per heavy atom. The summed E-state index contributed by atoms with van der Waals surface area (Å²) in [6, 6.07) is 7.12. The van der Waals surface area contributed by atoms with Gasteiger partial charge < -0.3 is 15.5 Å². The van der Waals surface area contributed by atoms with Gasteiger partial charge in [0.05, 0.1) is 6.54 Å². The summed E-state index contributed by atoms with van der Waals surface area (Å²) in [4.78, 5) is 6.94. The summed E-state index contributed by atoms with van der Waals surface area (Å²) in [6.07, 6.45) is 2.24. The van der Waals surface area contributed by atoms with Gasteiger partial charge in [0.1, 0.15) is 5.82 Å². The monoisotopic (exact) mass is 336 g/mol. The number of rotatable bonds is 10. The number of nitrogens with zero attached hydrogens (tertiary/aromatic N) is 2. The van der Waals surface area contributed by atoms with E-state index in [1.807, 2.05) is 13.0 Å². The lowest BCUT2D eigenvalue weighted by molar-refractivity contribution is 0.292. The van der Waals surface area contributed by atoms with Crippen LogP contribution in [-0.4, -0.2) is 43.1 Å². The second-order valence-corrected chi connectivity index (χ2v) is 6.00. The smallest absolute Gasteiger partial charge is 0.191 e. The highest BCUT2D eigenvalue weighted by molar-refractivity contribution is 5.80. The minimum absolute atomic E-state index is 0.204. The van der Waals surface area contributed by atoms with Gasteiger partial charge in [-0.1, -0.05) is 32.0 Å². The van der Waals surface area contributed by atoms with E-state index in [4.69, 9.17) is 0 Å². The van der Waals surface area contributed by atoms with Gasteiger partial charge in [0.25, 0.3) is 0 Å². The fourth-order valence-electron chi connectivity index (χ4n) is 2.58. The molecule has 5 heteroatoms. The average molecular weight is 336 g/mol. The third kappa shape index (κ3) is 7.77. The first-order chi connectivity index (χ1) is 11.6. The molecular weight excluding hydrogens is 303 g/mol. The van der Waals surface area contributed by atoms with E-state index in [0.29, 0.717) is 18.2 Å². The van der Waals surface area contributed by atoms with Crippen LogP contribution in [0.15, 0.2) is 29.3 Å². The van der Waals surface area contributed by atoms with Gasteiger partial charge in [0, 0.05) is 18.2 Å². The van der Waals surface area contributed by atoms with E-state index >= 15 is 0 Å². The number of aliphatic imine (C=N–C) groups is 1. The van der Waals surface area contributed by atoms with Crippen molar-refractivity contribution in [2.45, 2.75) is 53.1 Å². The van der Waals surface area contributed by atoms with Crippen LogP contribution in [0.1, 0.15) is 46.1 Å². The fourth-order valence-corrected chi connectivity index (χ4v) is 2.58. The standard InChI is InChI=1S/C19H33FN4/c1-5-21-19(22-15-17-12-8-9-13-18(17)20)23-16(4)11-10-14-24(6-2)7-3/h8-9,12-13,16H,5-7,10-11,14-15H2,1-4H3,(H2,21,22,23). The molecule has 0 saturated heterocycles. The Kier molecular flexibility index (Phi) is 10.1. The van der Waals surface area contributed by atoms with Crippen LogP contribution < -0.4 is 10.6 Å². The van der Waals surface area contributed by atoms with Crippen LogP contribution in [0, 0.1) is 5.82 Å². The largest absolute Gasteiger partial charge is 0.357 e. The van der Waals surface area contributed by atoms with Crippen LogP contribution in [0.3, 0.4) is 0 Å². The summed E-state index contributed by atoms with van der Waals surface area (Å²) in [7, 11) is 0. The second kappa shape index (κ2) is 11.8. The molecule has 4 nitrogen and oxygen atoms in total. The van der Waals surface area contributed by atoms with Crippen molar-refractivity contribution in [1.82, 2.24) is 15.5 Å². The maximum atomic E-state index is 13.7. The molecule has 1 aromatic rings. The van der Waals surface area contributed by atoms with Crippen molar-refractivity contribution in [2.75, 3.05) is 26.2 Å². The zero-order chi connectivity index (χ0) is 17.8. The number of benzene rings is 1. The minimum atomic E-state index is -0.204. The van der Waals surface area contributed by atoms with Crippen LogP contribution in [-0.2, 0) is 6.54 Å². The predicted octanol–water partition coefficient (Wildman–Crippen LogP) is 3.39. The van der Waals surface area contributed by atoms with Crippen molar-refractivity contribution in [1.29, 1.82) is 0 Å². The topological polar surface area (TPSA) is 39.7 Å². The normalized spacial score (nSPS) is 13.2. The Labute approximate surface area is 146 Å². The molecule has 1 aromatic carbocycles. The van der Waals surface area contributed by atoms with Crippen molar-refractivity contribution in [2.24, 2.45) is 4.99 Å². The SMILES string of the molecule is CCNC(=NCc1ccccc1F)NC(C)CCCN(CC)CC. The Balaban J connectivity index is 2.49. The first-order valence-corrected chi connectivity index (χ1v) is 9.11. The highest BCUT2D eigenvalue weighted by Crippen LogP contribution is 2.07. The molecule has 0 amide bonds. The third-order valence-electron chi connectivity index (χ3n) is 4.10. The molecule has 0 aliphatic rings. The van der Waals surface area contributed by atoms with Crippen LogP contribution in [0.4, 0.5) is 4.39 Å². The van der Waals surface area contributed by atoms with E-state index in [2.05, 4.69) is 41.3 Å². The van der Waals surface area contributed by atoms with E-state index in [1.165, 1.54) is 6.07 Å². The molecule has 0 aliphatic carbocycles. The van der Waals surface area contributed by atoms with Crippen molar-refractivity contribution in [3.63, 3.8) is 0 Å². The molecule has 0 fully saturated rings. The lowest BCUT2D eigenvalue weighted by Gasteiger charge is -2.21. The maximum absolute atomic E-state index is 13.7. The summed E-state index contributed by atoms with van der Waals surface area (Å²) in [5, 5.41) is 6.65. The van der Waals surface area contributed by atoms with Crippen molar-refractivity contribution in [3.05, 3.63) is 35.6 Å². The molecule has 1 unspecified atom stereocenters. The Morgan fingerprint density at radius 2 is 1.92 bits per heavy atom. The number of hydrogen-bond donors (Lipinski definition) is 2. The van der Waals surface area contributed by atoms with E-state index in [9.17, 15) is 4.39 Å². The number of halogens is 1. The molecule has 0 aliphatic heterocycles. The zero-order valence-corrected chi connectivity index (χ0v) is 15.6. The molecule has 0 saturated carbocycles. The van der Waals surface area contributed by atoms with Gasteiger partial charge in [-0.25, -0.2) is 9.38 Å². The van der Waals surface area contributed by atoms with Gasteiger partial charge in [-0.05, 0) is 52.4 Å². The lowest BCUT2D eigenvalue weighted by Crippen LogP contribution is -2.42. The Morgan fingerprint density at radius 3 is 2.54 bits per heavy atom. The van der Waals surface area contributed by atoms with Gasteiger partial charge in [-0.15, -0.1) is 0 Å². The molecule has 24 heavy (non-hydrogen) atoms. The molecule has 0 spiro atoms. The number of hydrogen-bond acceptors (Lipinski definition) is 2. The van der Waals surface area contributed by atoms with E-state index in [-0.39, 0.29) is 5.82 Å². The molecule has 1 rings (SSSR count). The Hall–Kier alpha value is -1.62. The quantitative estimate of drug-likeness (QED) is 0.508.